The molecule has 1 aliphatic heterocycles. The van der Waals surface area contributed by atoms with Gasteiger partial charge in [0.2, 0.25) is 0 Å². The van der Waals surface area contributed by atoms with Crippen LogP contribution in [-0.4, -0.2) is 28.0 Å². The molecule has 7 heteroatoms. The fourth-order valence-corrected chi connectivity index (χ4v) is 2.08. The molecule has 2 atom stereocenters. The Morgan fingerprint density at radius 3 is 2.68 bits per heavy atom. The lowest BCUT2D eigenvalue weighted by Gasteiger charge is -2.26. The molecule has 7 nitrogen and oxygen atoms in total. The molecule has 0 bridgehead atoms. The number of nitrogens with one attached hydrogen (secondary N) is 2. The number of carbonyl (C=O) groups excluding carboxylic acids is 2. The van der Waals surface area contributed by atoms with Crippen molar-refractivity contribution in [1.82, 2.24) is 15.6 Å². The van der Waals surface area contributed by atoms with E-state index in [0.717, 1.165) is 0 Å². The van der Waals surface area contributed by atoms with E-state index < -0.39 is 29.4 Å². The maximum absolute atomic E-state index is 12.0. The van der Waals surface area contributed by atoms with Gasteiger partial charge in [-0.05, 0) is 18.6 Å². The van der Waals surface area contributed by atoms with Gasteiger partial charge in [0.15, 0.2) is 5.54 Å². The van der Waals surface area contributed by atoms with Gasteiger partial charge in [-0.25, -0.2) is 4.79 Å². The molecule has 19 heavy (non-hydrogen) atoms. The summed E-state index contributed by atoms with van der Waals surface area (Å²) in [5.74, 6) is -2.42. The van der Waals surface area contributed by atoms with Gasteiger partial charge in [0.1, 0.15) is 0 Å². The molecular formula is C12H13N3O4. The summed E-state index contributed by atoms with van der Waals surface area (Å²) in [6.45, 7) is 1.48. The average molecular weight is 263 g/mol. The Morgan fingerprint density at radius 2 is 2.21 bits per heavy atom. The van der Waals surface area contributed by atoms with Gasteiger partial charge in [-0.3, -0.25) is 19.9 Å². The predicted octanol–water partition coefficient (Wildman–Crippen LogP) is 0.227. The van der Waals surface area contributed by atoms with Gasteiger partial charge < -0.3 is 10.4 Å². The van der Waals surface area contributed by atoms with Crippen molar-refractivity contribution < 1.29 is 19.5 Å². The van der Waals surface area contributed by atoms with E-state index in [-0.39, 0.29) is 6.42 Å². The summed E-state index contributed by atoms with van der Waals surface area (Å²) in [6.07, 6.45) is 1.43. The summed E-state index contributed by atoms with van der Waals surface area (Å²) in [4.78, 5) is 38.5. The van der Waals surface area contributed by atoms with Gasteiger partial charge in [-0.2, -0.15) is 0 Å². The summed E-state index contributed by atoms with van der Waals surface area (Å²) in [7, 11) is 0. The van der Waals surface area contributed by atoms with E-state index in [9.17, 15) is 14.4 Å². The summed E-state index contributed by atoms with van der Waals surface area (Å²) in [6, 6.07) is 4.28. The smallest absolute Gasteiger partial charge is 0.322 e. The number of hydrogen-bond donors (Lipinski definition) is 3. The number of rotatable bonds is 4. The predicted molar refractivity (Wildman–Crippen MR) is 64.0 cm³/mol. The monoisotopic (exact) mass is 263 g/mol. The molecule has 1 saturated heterocycles. The van der Waals surface area contributed by atoms with Crippen LogP contribution in [-0.2, 0) is 15.1 Å². The van der Waals surface area contributed by atoms with Crippen LogP contribution in [0.15, 0.2) is 24.4 Å². The molecule has 1 aliphatic rings. The average Bonchev–Trinajstić information content (AvgIpc) is 2.66. The molecule has 0 saturated carbocycles. The van der Waals surface area contributed by atoms with Crippen molar-refractivity contribution in [3.8, 4) is 0 Å². The number of aliphatic carboxylic acids is 1. The lowest BCUT2D eigenvalue weighted by atomic mass is 9.85. The highest BCUT2D eigenvalue weighted by Crippen LogP contribution is 2.30. The highest BCUT2D eigenvalue weighted by molar-refractivity contribution is 6.07. The minimum absolute atomic E-state index is 0.0586. The first-order chi connectivity index (χ1) is 8.95. The zero-order valence-corrected chi connectivity index (χ0v) is 10.2. The van der Waals surface area contributed by atoms with Crippen molar-refractivity contribution in [2.24, 2.45) is 5.92 Å². The molecule has 1 aromatic heterocycles. The van der Waals surface area contributed by atoms with Crippen molar-refractivity contribution in [3.63, 3.8) is 0 Å². The Balaban J connectivity index is 2.43. The van der Waals surface area contributed by atoms with Crippen molar-refractivity contribution in [2.75, 3.05) is 0 Å². The second-order valence-corrected chi connectivity index (χ2v) is 4.47. The lowest BCUT2D eigenvalue weighted by Crippen LogP contribution is -2.46. The maximum Gasteiger partial charge on any atom is 0.322 e. The van der Waals surface area contributed by atoms with Crippen LogP contribution in [0.1, 0.15) is 19.0 Å². The molecule has 0 radical (unpaired) electrons. The molecule has 0 aliphatic carbocycles. The number of carboxylic acid groups (broad SMARTS) is 1. The SMILES string of the molecule is CC(CC1(c2ccccn2)NC(=O)NC1=O)C(=O)O. The Bertz CT molecular complexity index is 531. The zero-order valence-electron chi connectivity index (χ0n) is 10.2. The van der Waals surface area contributed by atoms with E-state index in [4.69, 9.17) is 5.11 Å². The zero-order chi connectivity index (χ0) is 14.0. The topological polar surface area (TPSA) is 108 Å². The first kappa shape index (κ1) is 13.0. The van der Waals surface area contributed by atoms with Gasteiger partial charge >= 0.3 is 12.0 Å². The summed E-state index contributed by atoms with van der Waals surface area (Å²) >= 11 is 0. The normalized spacial score (nSPS) is 23.6. The van der Waals surface area contributed by atoms with Crippen LogP contribution in [0, 0.1) is 5.92 Å². The molecule has 1 aromatic rings. The van der Waals surface area contributed by atoms with Gasteiger partial charge in [-0.15, -0.1) is 0 Å². The molecule has 0 aromatic carbocycles. The minimum Gasteiger partial charge on any atom is -0.481 e. The van der Waals surface area contributed by atoms with Crippen molar-refractivity contribution in [1.29, 1.82) is 0 Å². The fraction of sp³-hybridized carbons (Fsp3) is 0.333. The van der Waals surface area contributed by atoms with E-state index in [2.05, 4.69) is 15.6 Å². The molecule has 3 N–H and O–H groups in total. The van der Waals surface area contributed by atoms with Crippen LogP contribution >= 0.6 is 0 Å². The summed E-state index contributed by atoms with van der Waals surface area (Å²) < 4.78 is 0. The number of aromatic nitrogens is 1. The lowest BCUT2D eigenvalue weighted by molar-refractivity contribution is -0.142. The van der Waals surface area contributed by atoms with E-state index >= 15 is 0 Å². The third-order valence-corrected chi connectivity index (χ3v) is 3.08. The highest BCUT2D eigenvalue weighted by atomic mass is 16.4. The van der Waals surface area contributed by atoms with Gasteiger partial charge in [-0.1, -0.05) is 13.0 Å². The summed E-state index contributed by atoms with van der Waals surface area (Å²) in [5, 5.41) is 13.6. The number of imide groups is 1. The number of amides is 3. The van der Waals surface area contributed by atoms with Gasteiger partial charge in [0.25, 0.3) is 5.91 Å². The van der Waals surface area contributed by atoms with Crippen LogP contribution in [0.5, 0.6) is 0 Å². The number of nitrogens with zero attached hydrogens (tertiary/aromatic N) is 1. The van der Waals surface area contributed by atoms with E-state index in [1.54, 1.807) is 18.2 Å². The largest absolute Gasteiger partial charge is 0.481 e. The van der Waals surface area contributed by atoms with E-state index in [0.29, 0.717) is 5.69 Å². The molecule has 0 spiro atoms. The first-order valence-electron chi connectivity index (χ1n) is 5.73. The second kappa shape index (κ2) is 4.68. The molecule has 2 rings (SSSR count). The van der Waals surface area contributed by atoms with Crippen LogP contribution in [0.3, 0.4) is 0 Å². The third-order valence-electron chi connectivity index (χ3n) is 3.08. The minimum atomic E-state index is -1.42. The van der Waals surface area contributed by atoms with Crippen LogP contribution < -0.4 is 10.6 Å². The third kappa shape index (κ3) is 2.26. The summed E-state index contributed by atoms with van der Waals surface area (Å²) in [5.41, 5.74) is -1.10. The van der Waals surface area contributed by atoms with Crippen molar-refractivity contribution in [3.05, 3.63) is 30.1 Å². The van der Waals surface area contributed by atoms with E-state index in [1.807, 2.05) is 0 Å². The molecule has 2 heterocycles. The Morgan fingerprint density at radius 1 is 1.47 bits per heavy atom. The Hall–Kier alpha value is -2.44. The fourth-order valence-electron chi connectivity index (χ4n) is 2.08. The highest BCUT2D eigenvalue weighted by Gasteiger charge is 2.50. The maximum atomic E-state index is 12.0. The van der Waals surface area contributed by atoms with Crippen molar-refractivity contribution >= 4 is 17.9 Å². The van der Waals surface area contributed by atoms with Crippen molar-refractivity contribution in [2.45, 2.75) is 18.9 Å². The molecule has 3 amide bonds. The second-order valence-electron chi connectivity index (χ2n) is 4.47. The van der Waals surface area contributed by atoms with Crippen LogP contribution in [0.2, 0.25) is 0 Å². The number of carbonyl (C=O) groups is 3. The standard InChI is InChI=1S/C12H13N3O4/c1-7(9(16)17)6-12(8-4-2-3-5-13-8)10(18)14-11(19)15-12/h2-5,7H,6H2,1H3,(H,16,17)(H2,14,15,18,19). The number of hydrogen-bond acceptors (Lipinski definition) is 4. The quantitative estimate of drug-likeness (QED) is 0.674. The van der Waals surface area contributed by atoms with Gasteiger partial charge in [0.05, 0.1) is 11.6 Å². The first-order valence-corrected chi connectivity index (χ1v) is 5.73. The Kier molecular flexibility index (Phi) is 3.20. The van der Waals surface area contributed by atoms with Crippen LogP contribution in [0.4, 0.5) is 4.79 Å². The van der Waals surface area contributed by atoms with Gasteiger partial charge in [0, 0.05) is 6.20 Å². The van der Waals surface area contributed by atoms with Crippen LogP contribution in [0.25, 0.3) is 0 Å². The number of urea groups is 1. The molecular weight excluding hydrogens is 250 g/mol. The molecule has 100 valence electrons. The van der Waals surface area contributed by atoms with E-state index in [1.165, 1.54) is 13.1 Å². The molecule has 1 fully saturated rings. The number of carboxylic acids is 1. The number of pyridine rings is 1. The molecule has 2 unspecified atom stereocenters. The Labute approximate surface area is 109 Å².